The van der Waals surface area contributed by atoms with Gasteiger partial charge >= 0.3 is 0 Å². The Labute approximate surface area is 424 Å². The smallest absolute Gasteiger partial charge is 0.275 e. The van der Waals surface area contributed by atoms with Gasteiger partial charge in [-0.25, -0.2) is 28.7 Å². The molecule has 0 radical (unpaired) electrons. The molecule has 0 amide bonds. The third-order valence-corrected chi connectivity index (χ3v) is 16.9. The Hall–Kier alpha value is -8.66. The third-order valence-electron chi connectivity index (χ3n) is 12.7. The highest BCUT2D eigenvalue weighted by Gasteiger charge is 2.24. The topological polar surface area (TPSA) is 101 Å². The monoisotopic (exact) mass is 1000 g/mol. The first kappa shape index (κ1) is 42.2. The van der Waals surface area contributed by atoms with Crippen molar-refractivity contribution in [3.8, 4) is 0 Å². The van der Waals surface area contributed by atoms with Gasteiger partial charge in [0.05, 0.1) is 32.1 Å². The van der Waals surface area contributed by atoms with Crippen molar-refractivity contribution in [2.24, 2.45) is 0 Å². The number of aromatic nitrogens is 6. The van der Waals surface area contributed by atoms with Crippen molar-refractivity contribution < 1.29 is 0 Å². The first-order valence-corrected chi connectivity index (χ1v) is 26.3. The molecule has 14 aromatic rings. The van der Waals surface area contributed by atoms with Crippen LogP contribution in [0.5, 0.6) is 0 Å². The molecular formula is C58H34N8O2S4. The minimum absolute atomic E-state index is 0.0913. The third kappa shape index (κ3) is 7.10. The Morgan fingerprint density at radius 1 is 0.472 bits per heavy atom. The summed E-state index contributed by atoms with van der Waals surface area (Å²) in [6.07, 6.45) is 3.77. The second kappa shape index (κ2) is 17.0. The zero-order valence-corrected chi connectivity index (χ0v) is 40.9. The molecule has 14 heteroatoms. The van der Waals surface area contributed by atoms with E-state index in [1.165, 1.54) is 22.7 Å². The number of thiazole rings is 2. The first-order chi connectivity index (χ1) is 35.5. The van der Waals surface area contributed by atoms with E-state index in [-0.39, 0.29) is 11.1 Å². The van der Waals surface area contributed by atoms with Crippen LogP contribution in [0.3, 0.4) is 0 Å². The molecule has 0 saturated carbocycles. The lowest BCUT2D eigenvalue weighted by molar-refractivity contribution is 1.18. The van der Waals surface area contributed by atoms with E-state index in [4.69, 9.17) is 19.9 Å². The predicted molar refractivity (Wildman–Crippen MR) is 298 cm³/mol. The second-order valence-corrected chi connectivity index (χ2v) is 21.2. The van der Waals surface area contributed by atoms with E-state index in [2.05, 4.69) is 94.7 Å². The summed E-state index contributed by atoms with van der Waals surface area (Å²) in [6.45, 7) is 0. The molecule has 0 atom stereocenters. The van der Waals surface area contributed by atoms with Crippen molar-refractivity contribution in [2.45, 2.75) is 0 Å². The van der Waals surface area contributed by atoms with Gasteiger partial charge in [-0.15, -0.1) is 22.7 Å². The molecule has 0 N–H and O–H groups in total. The van der Waals surface area contributed by atoms with E-state index in [1.54, 1.807) is 31.5 Å². The molecule has 0 spiro atoms. The zero-order valence-electron chi connectivity index (χ0n) is 37.7. The number of hydrogen-bond acceptors (Lipinski definition) is 12. The Balaban J connectivity index is 0.949. The molecule has 342 valence electrons. The normalized spacial score (nSPS) is 12.6. The van der Waals surface area contributed by atoms with E-state index in [0.29, 0.717) is 24.8 Å². The van der Waals surface area contributed by atoms with E-state index in [1.807, 2.05) is 121 Å². The van der Waals surface area contributed by atoms with Crippen LogP contribution in [0.4, 0.5) is 33.0 Å². The van der Waals surface area contributed by atoms with Crippen LogP contribution < -0.4 is 30.0 Å². The van der Waals surface area contributed by atoms with Crippen LogP contribution in [0.1, 0.15) is 15.3 Å². The fourth-order valence-corrected chi connectivity index (χ4v) is 13.7. The van der Waals surface area contributed by atoms with E-state index in [0.717, 1.165) is 91.8 Å². The van der Waals surface area contributed by atoms with Crippen LogP contribution in [0, 0.1) is 0 Å². The molecule has 0 aliphatic rings. The van der Waals surface area contributed by atoms with E-state index in [9.17, 15) is 4.79 Å². The summed E-state index contributed by atoms with van der Waals surface area (Å²) in [5, 5.41) is 5.08. The molecule has 0 aliphatic carbocycles. The van der Waals surface area contributed by atoms with E-state index < -0.39 is 0 Å². The van der Waals surface area contributed by atoms with Gasteiger partial charge in [0.1, 0.15) is 26.2 Å². The van der Waals surface area contributed by atoms with Crippen LogP contribution in [0.25, 0.3) is 65.3 Å². The lowest BCUT2D eigenvalue weighted by atomic mass is 10.1. The highest BCUT2D eigenvalue weighted by molar-refractivity contribution is 7.18. The van der Waals surface area contributed by atoms with Gasteiger partial charge in [0, 0.05) is 38.3 Å². The van der Waals surface area contributed by atoms with Crippen LogP contribution in [0.2, 0.25) is 0 Å². The Morgan fingerprint density at radius 2 is 1.11 bits per heavy atom. The van der Waals surface area contributed by atoms with Crippen molar-refractivity contribution in [3.63, 3.8) is 0 Å². The number of anilines is 6. The maximum atomic E-state index is 15.0. The summed E-state index contributed by atoms with van der Waals surface area (Å²) in [5.74, 6) is 1.43. The summed E-state index contributed by atoms with van der Waals surface area (Å²) in [4.78, 5) is 56.2. The van der Waals surface area contributed by atoms with Gasteiger partial charge in [0.2, 0.25) is 0 Å². The largest absolute Gasteiger partial charge is 0.286 e. The highest BCUT2D eigenvalue weighted by Crippen LogP contribution is 2.43. The van der Waals surface area contributed by atoms with Crippen molar-refractivity contribution in [3.05, 3.63) is 245 Å². The zero-order chi connectivity index (χ0) is 47.9. The van der Waals surface area contributed by atoms with Gasteiger partial charge in [-0.05, 0) is 126 Å². The Bertz CT molecular complexity index is 4690. The minimum atomic E-state index is -0.139. The molecule has 0 bridgehead atoms. The van der Waals surface area contributed by atoms with Crippen molar-refractivity contribution in [2.75, 3.05) is 9.80 Å². The van der Waals surface area contributed by atoms with Crippen LogP contribution >= 0.6 is 45.3 Å². The van der Waals surface area contributed by atoms with Gasteiger partial charge in [0.15, 0.2) is 9.92 Å². The molecule has 6 aromatic carbocycles. The summed E-state index contributed by atoms with van der Waals surface area (Å²) >= 11 is 5.94. The molecular weight excluding hydrogens is 969 g/mol. The average Bonchev–Trinajstić information content (AvgIpc) is 4.30. The molecule has 14 rings (SSSR count). The fourth-order valence-electron chi connectivity index (χ4n) is 9.43. The minimum Gasteiger partial charge on any atom is -0.286 e. The summed E-state index contributed by atoms with van der Waals surface area (Å²) < 4.78 is 4.60. The molecule has 0 aliphatic heterocycles. The number of para-hydroxylation sites is 6. The average molecular weight is 1000 g/mol. The molecule has 0 saturated heterocycles. The van der Waals surface area contributed by atoms with Gasteiger partial charge in [0.25, 0.3) is 11.1 Å². The fraction of sp³-hybridized carbons (Fsp3) is 0. The maximum Gasteiger partial charge on any atom is 0.275 e. The number of fused-ring (bicyclic) bond motifs is 8. The van der Waals surface area contributed by atoms with Crippen LogP contribution in [0.15, 0.2) is 210 Å². The van der Waals surface area contributed by atoms with E-state index >= 15 is 4.79 Å². The van der Waals surface area contributed by atoms with Crippen molar-refractivity contribution in [1.82, 2.24) is 28.7 Å². The molecule has 0 unspecified atom stereocenters. The Morgan fingerprint density at radius 3 is 1.92 bits per heavy atom. The van der Waals surface area contributed by atoms with Gasteiger partial charge in [-0.2, -0.15) is 0 Å². The quantitative estimate of drug-likeness (QED) is 0.141. The number of thiophene rings is 2. The number of hydrogen-bond donors (Lipinski definition) is 0. The molecule has 0 fully saturated rings. The lowest BCUT2D eigenvalue weighted by Crippen LogP contribution is -2.26. The SMILES string of the molecule is O=c1/c(=C\c2ccc(N(c3ccc4ccccc4c3)c3cc(/C(c4ccc(N(c5ccccc5)c5ccc6ccccc6n5)s4)=c4\sc5nc6ccccc6n5c4=O)ccn3)s2)sc2nc3ccccc3n12. The van der Waals surface area contributed by atoms with Crippen molar-refractivity contribution >= 4 is 144 Å². The first-order valence-electron chi connectivity index (χ1n) is 23.0. The second-order valence-electron chi connectivity index (χ2n) is 17.1. The summed E-state index contributed by atoms with van der Waals surface area (Å²) in [6, 6.07) is 65.1. The summed E-state index contributed by atoms with van der Waals surface area (Å²) in [7, 11) is 0. The number of rotatable bonds is 9. The van der Waals surface area contributed by atoms with Crippen LogP contribution in [-0.4, -0.2) is 28.7 Å². The van der Waals surface area contributed by atoms with Crippen molar-refractivity contribution in [1.29, 1.82) is 0 Å². The molecule has 10 nitrogen and oxygen atoms in total. The maximum absolute atomic E-state index is 15.0. The molecule has 8 heterocycles. The molecule has 72 heavy (non-hydrogen) atoms. The highest BCUT2D eigenvalue weighted by atomic mass is 32.1. The predicted octanol–water partition coefficient (Wildman–Crippen LogP) is 12.8. The summed E-state index contributed by atoms with van der Waals surface area (Å²) in [5.41, 5.74) is 7.25. The van der Waals surface area contributed by atoms with Gasteiger partial charge in [-0.3, -0.25) is 19.4 Å². The van der Waals surface area contributed by atoms with Gasteiger partial charge < -0.3 is 0 Å². The number of imidazole rings is 2. The molecule has 8 aromatic heterocycles. The van der Waals surface area contributed by atoms with Crippen LogP contribution in [-0.2, 0) is 0 Å². The Kier molecular flexibility index (Phi) is 9.99. The standard InChI is InChI=1S/C58H34N8O2S4/c67-55-48(71-57-61-43-18-8-10-20-45(43)65(55)57)34-41-25-28-51(69-41)64(40-24-22-35-12-4-5-14-37(35)32-40)50-33-38(30-31-59-50)53(54-56(68)66-46-21-11-9-19-44(46)62-58(66)72-54)47-26-29-52(70-47)63(39-15-2-1-3-16-39)49-27-23-36-13-6-7-17-42(36)60-49/h1-34H/b48-34+,54-53+. The lowest BCUT2D eigenvalue weighted by Gasteiger charge is -2.23. The number of benzene rings is 6. The number of nitrogens with zero attached hydrogens (tertiary/aromatic N) is 8. The number of pyridine rings is 2. The van der Waals surface area contributed by atoms with Gasteiger partial charge in [-0.1, -0.05) is 114 Å².